The molecule has 0 atom stereocenters. The van der Waals surface area contributed by atoms with Gasteiger partial charge in [0, 0.05) is 5.56 Å². The van der Waals surface area contributed by atoms with E-state index in [1.807, 2.05) is 18.2 Å². The lowest BCUT2D eigenvalue weighted by Crippen LogP contribution is -2.01. The first kappa shape index (κ1) is 11.3. The fourth-order valence-electron chi connectivity index (χ4n) is 1.61. The van der Waals surface area contributed by atoms with Gasteiger partial charge in [-0.25, -0.2) is 9.18 Å². The standard InChI is InChI=1S/C14H11FO2/c1-17-14(16)11-7-8-13(15)12(9-11)10-5-3-2-4-6-10/h2-9H,1H3. The lowest BCUT2D eigenvalue weighted by atomic mass is 10.0. The molecule has 0 amide bonds. The van der Waals surface area contributed by atoms with E-state index < -0.39 is 5.97 Å². The number of benzene rings is 2. The molecule has 2 nitrogen and oxygen atoms in total. The molecule has 86 valence electrons. The normalized spacial score (nSPS) is 10.0. The third-order valence-electron chi connectivity index (χ3n) is 2.47. The van der Waals surface area contributed by atoms with E-state index in [9.17, 15) is 9.18 Å². The molecule has 0 heterocycles. The van der Waals surface area contributed by atoms with E-state index in [-0.39, 0.29) is 5.82 Å². The Bertz CT molecular complexity index is 535. The van der Waals surface area contributed by atoms with Crippen LogP contribution in [0.25, 0.3) is 11.1 Å². The van der Waals surface area contributed by atoms with Gasteiger partial charge >= 0.3 is 5.97 Å². The van der Waals surface area contributed by atoms with Crippen molar-refractivity contribution in [3.63, 3.8) is 0 Å². The summed E-state index contributed by atoms with van der Waals surface area (Å²) in [7, 11) is 1.30. The summed E-state index contributed by atoms with van der Waals surface area (Å²) in [6.07, 6.45) is 0. The second-order valence-corrected chi connectivity index (χ2v) is 3.55. The number of rotatable bonds is 2. The Balaban J connectivity index is 2.50. The summed E-state index contributed by atoms with van der Waals surface area (Å²) >= 11 is 0. The minimum absolute atomic E-state index is 0.341. The van der Waals surface area contributed by atoms with Crippen molar-refractivity contribution < 1.29 is 13.9 Å². The topological polar surface area (TPSA) is 26.3 Å². The lowest BCUT2D eigenvalue weighted by molar-refractivity contribution is 0.0600. The maximum Gasteiger partial charge on any atom is 0.337 e. The highest BCUT2D eigenvalue weighted by Crippen LogP contribution is 2.23. The fourth-order valence-corrected chi connectivity index (χ4v) is 1.61. The van der Waals surface area contributed by atoms with Gasteiger partial charge in [0.15, 0.2) is 0 Å². The van der Waals surface area contributed by atoms with Crippen LogP contribution in [-0.4, -0.2) is 13.1 Å². The van der Waals surface area contributed by atoms with Crippen LogP contribution in [0.3, 0.4) is 0 Å². The summed E-state index contributed by atoms with van der Waals surface area (Å²) in [6, 6.07) is 13.3. The van der Waals surface area contributed by atoms with Crippen LogP contribution in [0.4, 0.5) is 4.39 Å². The van der Waals surface area contributed by atoms with Gasteiger partial charge in [-0.2, -0.15) is 0 Å². The highest BCUT2D eigenvalue weighted by atomic mass is 19.1. The molecule has 0 aliphatic carbocycles. The summed E-state index contributed by atoms with van der Waals surface area (Å²) in [5, 5.41) is 0. The number of methoxy groups -OCH3 is 1. The molecule has 0 spiro atoms. The van der Waals surface area contributed by atoms with Crippen LogP contribution in [0.15, 0.2) is 48.5 Å². The number of halogens is 1. The van der Waals surface area contributed by atoms with Gasteiger partial charge in [0.25, 0.3) is 0 Å². The second-order valence-electron chi connectivity index (χ2n) is 3.55. The van der Waals surface area contributed by atoms with Gasteiger partial charge in [-0.05, 0) is 23.8 Å². The Morgan fingerprint density at radius 2 is 1.82 bits per heavy atom. The molecule has 3 heteroatoms. The first-order chi connectivity index (χ1) is 8.22. The quantitative estimate of drug-likeness (QED) is 0.740. The molecule has 0 aromatic heterocycles. The highest BCUT2D eigenvalue weighted by molar-refractivity contribution is 5.91. The third-order valence-corrected chi connectivity index (χ3v) is 2.47. The van der Waals surface area contributed by atoms with Crippen molar-refractivity contribution in [2.24, 2.45) is 0 Å². The van der Waals surface area contributed by atoms with Crippen LogP contribution in [-0.2, 0) is 4.74 Å². The van der Waals surface area contributed by atoms with E-state index in [2.05, 4.69) is 4.74 Å². The van der Waals surface area contributed by atoms with E-state index in [1.165, 1.54) is 25.3 Å². The van der Waals surface area contributed by atoms with Crippen molar-refractivity contribution in [2.45, 2.75) is 0 Å². The van der Waals surface area contributed by atoms with Crippen molar-refractivity contribution >= 4 is 5.97 Å². The Morgan fingerprint density at radius 3 is 2.47 bits per heavy atom. The predicted octanol–water partition coefficient (Wildman–Crippen LogP) is 3.28. The third kappa shape index (κ3) is 2.33. The molecular formula is C14H11FO2. The van der Waals surface area contributed by atoms with Gasteiger partial charge in [0.2, 0.25) is 0 Å². The zero-order valence-corrected chi connectivity index (χ0v) is 9.31. The van der Waals surface area contributed by atoms with E-state index in [0.717, 1.165) is 5.56 Å². The Kier molecular flexibility index (Phi) is 3.19. The van der Waals surface area contributed by atoms with Gasteiger partial charge in [-0.3, -0.25) is 0 Å². The van der Waals surface area contributed by atoms with Gasteiger partial charge < -0.3 is 4.74 Å². The second kappa shape index (κ2) is 4.78. The molecule has 2 aromatic rings. The van der Waals surface area contributed by atoms with E-state index in [0.29, 0.717) is 11.1 Å². The van der Waals surface area contributed by atoms with Gasteiger partial charge in [0.05, 0.1) is 12.7 Å². The largest absolute Gasteiger partial charge is 0.465 e. The number of carbonyl (C=O) groups is 1. The van der Waals surface area contributed by atoms with E-state index >= 15 is 0 Å². The number of esters is 1. The smallest absolute Gasteiger partial charge is 0.337 e. The maximum absolute atomic E-state index is 13.7. The number of hydrogen-bond donors (Lipinski definition) is 0. The Labute approximate surface area is 98.7 Å². The molecule has 2 aromatic carbocycles. The van der Waals surface area contributed by atoms with Crippen LogP contribution in [0.2, 0.25) is 0 Å². The van der Waals surface area contributed by atoms with Crippen molar-refractivity contribution in [3.8, 4) is 11.1 Å². The van der Waals surface area contributed by atoms with Gasteiger partial charge in [-0.15, -0.1) is 0 Å². The van der Waals surface area contributed by atoms with Crippen molar-refractivity contribution in [1.29, 1.82) is 0 Å². The molecule has 0 fully saturated rings. The van der Waals surface area contributed by atoms with Crippen LogP contribution in [0.1, 0.15) is 10.4 Å². The maximum atomic E-state index is 13.7. The number of hydrogen-bond acceptors (Lipinski definition) is 2. The minimum Gasteiger partial charge on any atom is -0.465 e. The molecule has 0 saturated heterocycles. The molecule has 0 aliphatic heterocycles. The summed E-state index contributed by atoms with van der Waals surface area (Å²) in [4.78, 5) is 11.4. The number of carbonyl (C=O) groups excluding carboxylic acids is 1. The fraction of sp³-hybridized carbons (Fsp3) is 0.0714. The Hall–Kier alpha value is -2.16. The molecular weight excluding hydrogens is 219 g/mol. The summed E-state index contributed by atoms with van der Waals surface area (Å²) in [6.45, 7) is 0. The molecule has 0 aliphatic rings. The van der Waals surface area contributed by atoms with Gasteiger partial charge in [-0.1, -0.05) is 30.3 Å². The van der Waals surface area contributed by atoms with Crippen molar-refractivity contribution in [1.82, 2.24) is 0 Å². The minimum atomic E-state index is -0.470. The molecule has 0 radical (unpaired) electrons. The first-order valence-electron chi connectivity index (χ1n) is 5.15. The average Bonchev–Trinajstić information content (AvgIpc) is 2.39. The van der Waals surface area contributed by atoms with E-state index in [1.54, 1.807) is 12.1 Å². The molecule has 0 saturated carbocycles. The molecule has 0 unspecified atom stereocenters. The monoisotopic (exact) mass is 230 g/mol. The van der Waals surface area contributed by atoms with E-state index in [4.69, 9.17) is 0 Å². The Morgan fingerprint density at radius 1 is 1.12 bits per heavy atom. The highest BCUT2D eigenvalue weighted by Gasteiger charge is 2.10. The predicted molar refractivity (Wildman–Crippen MR) is 63.2 cm³/mol. The van der Waals surface area contributed by atoms with Crippen LogP contribution < -0.4 is 0 Å². The SMILES string of the molecule is COC(=O)c1ccc(F)c(-c2ccccc2)c1. The molecule has 0 N–H and O–H groups in total. The molecule has 0 bridgehead atoms. The molecule has 2 rings (SSSR count). The van der Waals surface area contributed by atoms with Crippen molar-refractivity contribution in [2.75, 3.05) is 7.11 Å². The van der Waals surface area contributed by atoms with Crippen LogP contribution in [0.5, 0.6) is 0 Å². The lowest BCUT2D eigenvalue weighted by Gasteiger charge is -2.05. The first-order valence-corrected chi connectivity index (χ1v) is 5.15. The van der Waals surface area contributed by atoms with Crippen molar-refractivity contribution in [3.05, 3.63) is 59.9 Å². The zero-order chi connectivity index (χ0) is 12.3. The summed E-state index contributed by atoms with van der Waals surface area (Å²) in [5.41, 5.74) is 1.47. The number of ether oxygens (including phenoxy) is 1. The van der Waals surface area contributed by atoms with Gasteiger partial charge in [0.1, 0.15) is 5.82 Å². The zero-order valence-electron chi connectivity index (χ0n) is 9.31. The van der Waals surface area contributed by atoms with Crippen LogP contribution in [0, 0.1) is 5.82 Å². The van der Waals surface area contributed by atoms with Crippen LogP contribution >= 0.6 is 0 Å². The summed E-state index contributed by atoms with van der Waals surface area (Å²) < 4.78 is 18.3. The average molecular weight is 230 g/mol. The molecule has 17 heavy (non-hydrogen) atoms. The summed E-state index contributed by atoms with van der Waals surface area (Å²) in [5.74, 6) is -0.828.